The lowest BCUT2D eigenvalue weighted by atomic mass is 10.1. The topological polar surface area (TPSA) is 56.7 Å². The van der Waals surface area contributed by atoms with Gasteiger partial charge in [-0.2, -0.15) is 5.10 Å². The summed E-state index contributed by atoms with van der Waals surface area (Å²) in [6.45, 7) is 6.10. The average Bonchev–Trinajstić information content (AvgIpc) is 3.28. The molecule has 0 atom stereocenters. The van der Waals surface area contributed by atoms with Crippen LogP contribution in [-0.4, -0.2) is 20.0 Å². The number of aromatic nitrogens is 4. The zero-order valence-electron chi connectivity index (χ0n) is 15.8. The first-order chi connectivity index (χ1) is 13.5. The molecular formula is C21H19ClN4OS. The quantitative estimate of drug-likeness (QED) is 0.389. The third kappa shape index (κ3) is 3.70. The average molecular weight is 411 g/mol. The Morgan fingerprint density at radius 2 is 1.79 bits per heavy atom. The maximum Gasteiger partial charge on any atom is 0.277 e. The summed E-state index contributed by atoms with van der Waals surface area (Å²) in [6, 6.07) is 16.0. The lowest BCUT2D eigenvalue weighted by molar-refractivity contribution is 0.466. The molecule has 2 heterocycles. The van der Waals surface area contributed by atoms with E-state index in [1.165, 1.54) is 22.9 Å². The van der Waals surface area contributed by atoms with Crippen molar-refractivity contribution in [2.45, 2.75) is 31.7 Å². The Hall–Kier alpha value is -2.57. The molecule has 2 aromatic heterocycles. The monoisotopic (exact) mass is 410 g/mol. The van der Waals surface area contributed by atoms with Crippen molar-refractivity contribution >= 4 is 23.4 Å². The van der Waals surface area contributed by atoms with Crippen LogP contribution in [0.4, 0.5) is 0 Å². The third-order valence-electron chi connectivity index (χ3n) is 4.62. The molecule has 2 aromatic carbocycles. The highest BCUT2D eigenvalue weighted by atomic mass is 35.5. The minimum absolute atomic E-state index is 0.510. The van der Waals surface area contributed by atoms with E-state index in [9.17, 15) is 0 Å². The smallest absolute Gasteiger partial charge is 0.277 e. The largest absolute Gasteiger partial charge is 0.411 e. The molecule has 4 rings (SSSR count). The van der Waals surface area contributed by atoms with Crippen molar-refractivity contribution in [2.24, 2.45) is 0 Å². The molecule has 0 bridgehead atoms. The van der Waals surface area contributed by atoms with Crippen LogP contribution in [0.1, 0.15) is 22.4 Å². The van der Waals surface area contributed by atoms with Crippen molar-refractivity contribution in [1.29, 1.82) is 0 Å². The van der Waals surface area contributed by atoms with Gasteiger partial charge in [0, 0.05) is 16.9 Å². The van der Waals surface area contributed by atoms with Gasteiger partial charge < -0.3 is 4.42 Å². The Labute approximate surface area is 172 Å². The van der Waals surface area contributed by atoms with Crippen molar-refractivity contribution in [3.63, 3.8) is 0 Å². The standard InChI is InChI=1S/C21H19ClN4OS/c1-13-9-10-16(11-14(13)2)20-23-24-21(27-20)28-12-18-15(3)25-26(19(18)22)17-7-5-4-6-8-17/h4-11H,12H2,1-3H3. The van der Waals surface area contributed by atoms with Gasteiger partial charge in [-0.15, -0.1) is 10.2 Å². The summed E-state index contributed by atoms with van der Waals surface area (Å²) in [5.41, 5.74) is 6.13. The van der Waals surface area contributed by atoms with Crippen molar-refractivity contribution in [3.8, 4) is 17.1 Å². The summed E-state index contributed by atoms with van der Waals surface area (Å²) in [5.74, 6) is 1.12. The maximum absolute atomic E-state index is 6.58. The Kier molecular flexibility index (Phi) is 5.24. The molecule has 0 saturated heterocycles. The number of rotatable bonds is 5. The molecule has 0 aliphatic heterocycles. The molecule has 0 radical (unpaired) electrons. The third-order valence-corrected chi connectivity index (χ3v) is 5.86. The summed E-state index contributed by atoms with van der Waals surface area (Å²) < 4.78 is 7.58. The van der Waals surface area contributed by atoms with Crippen LogP contribution in [0.2, 0.25) is 5.15 Å². The summed E-state index contributed by atoms with van der Waals surface area (Å²) in [6.07, 6.45) is 0. The molecule has 0 fully saturated rings. The second-order valence-corrected chi connectivity index (χ2v) is 7.85. The van der Waals surface area contributed by atoms with E-state index in [0.717, 1.165) is 22.5 Å². The first kappa shape index (κ1) is 18.8. The molecule has 0 aliphatic rings. The van der Waals surface area contributed by atoms with Gasteiger partial charge >= 0.3 is 0 Å². The highest BCUT2D eigenvalue weighted by molar-refractivity contribution is 7.98. The molecule has 5 nitrogen and oxygen atoms in total. The van der Waals surface area contributed by atoms with Gasteiger partial charge in [-0.1, -0.05) is 47.6 Å². The van der Waals surface area contributed by atoms with Crippen LogP contribution in [0.25, 0.3) is 17.1 Å². The predicted molar refractivity (Wildman–Crippen MR) is 112 cm³/mol. The minimum Gasteiger partial charge on any atom is -0.411 e. The molecule has 0 spiro atoms. The van der Waals surface area contributed by atoms with Crippen LogP contribution >= 0.6 is 23.4 Å². The van der Waals surface area contributed by atoms with E-state index < -0.39 is 0 Å². The van der Waals surface area contributed by atoms with Gasteiger partial charge in [0.1, 0.15) is 5.15 Å². The van der Waals surface area contributed by atoms with Crippen LogP contribution in [-0.2, 0) is 5.75 Å². The van der Waals surface area contributed by atoms with E-state index in [0.29, 0.717) is 22.0 Å². The van der Waals surface area contributed by atoms with Gasteiger partial charge in [-0.05, 0) is 56.2 Å². The van der Waals surface area contributed by atoms with Crippen molar-refractivity contribution in [1.82, 2.24) is 20.0 Å². The van der Waals surface area contributed by atoms with Crippen molar-refractivity contribution in [2.75, 3.05) is 0 Å². The SMILES string of the molecule is Cc1ccc(-c2nnc(SCc3c(C)nn(-c4ccccc4)c3Cl)o2)cc1C. The molecule has 4 aromatic rings. The van der Waals surface area contributed by atoms with Crippen LogP contribution in [0.5, 0.6) is 0 Å². The molecule has 142 valence electrons. The second-order valence-electron chi connectivity index (χ2n) is 6.56. The number of aryl methyl sites for hydroxylation is 3. The molecule has 0 N–H and O–H groups in total. The predicted octanol–water partition coefficient (Wildman–Crippen LogP) is 5.79. The van der Waals surface area contributed by atoms with Gasteiger partial charge in [0.2, 0.25) is 5.89 Å². The zero-order valence-corrected chi connectivity index (χ0v) is 17.4. The fraction of sp³-hybridized carbons (Fsp3) is 0.190. The number of halogens is 1. The summed E-state index contributed by atoms with van der Waals surface area (Å²) in [5, 5.41) is 14.0. The molecule has 0 amide bonds. The lowest BCUT2D eigenvalue weighted by Crippen LogP contribution is -1.95. The Morgan fingerprint density at radius 1 is 1.00 bits per heavy atom. The number of thioether (sulfide) groups is 1. The van der Waals surface area contributed by atoms with Gasteiger partial charge in [0.15, 0.2) is 0 Å². The van der Waals surface area contributed by atoms with E-state index in [4.69, 9.17) is 16.0 Å². The Bertz CT molecular complexity index is 1120. The fourth-order valence-corrected chi connectivity index (χ4v) is 4.10. The fourth-order valence-electron chi connectivity index (χ4n) is 2.83. The number of benzene rings is 2. The van der Waals surface area contributed by atoms with Crippen LogP contribution in [0, 0.1) is 20.8 Å². The van der Waals surface area contributed by atoms with Crippen LogP contribution in [0.15, 0.2) is 58.2 Å². The second kappa shape index (κ2) is 7.81. The van der Waals surface area contributed by atoms with Crippen molar-refractivity contribution < 1.29 is 4.42 Å². The molecule has 0 unspecified atom stereocenters. The number of nitrogens with zero attached hydrogens (tertiary/aromatic N) is 4. The number of hydrogen-bond donors (Lipinski definition) is 0. The molecule has 7 heteroatoms. The maximum atomic E-state index is 6.58. The van der Waals surface area contributed by atoms with Gasteiger partial charge in [-0.25, -0.2) is 4.68 Å². The number of hydrogen-bond acceptors (Lipinski definition) is 5. The molecule has 0 aliphatic carbocycles. The summed E-state index contributed by atoms with van der Waals surface area (Å²) in [4.78, 5) is 0. The van der Waals surface area contributed by atoms with E-state index in [1.807, 2.05) is 43.3 Å². The van der Waals surface area contributed by atoms with Gasteiger partial charge in [-0.3, -0.25) is 0 Å². The van der Waals surface area contributed by atoms with Crippen LogP contribution in [0.3, 0.4) is 0 Å². The van der Waals surface area contributed by atoms with E-state index in [2.05, 4.69) is 41.3 Å². The minimum atomic E-state index is 0.510. The first-order valence-electron chi connectivity index (χ1n) is 8.86. The summed E-state index contributed by atoms with van der Waals surface area (Å²) >= 11 is 8.04. The van der Waals surface area contributed by atoms with Crippen LogP contribution < -0.4 is 0 Å². The highest BCUT2D eigenvalue weighted by Gasteiger charge is 2.17. The molecule has 0 saturated carbocycles. The normalized spacial score (nSPS) is 11.1. The highest BCUT2D eigenvalue weighted by Crippen LogP contribution is 2.31. The number of para-hydroxylation sites is 1. The van der Waals surface area contributed by atoms with Crippen molar-refractivity contribution in [3.05, 3.63) is 76.1 Å². The lowest BCUT2D eigenvalue weighted by Gasteiger charge is -2.03. The summed E-state index contributed by atoms with van der Waals surface area (Å²) in [7, 11) is 0. The van der Waals surface area contributed by atoms with Gasteiger partial charge in [0.25, 0.3) is 5.22 Å². The van der Waals surface area contributed by atoms with Gasteiger partial charge in [0.05, 0.1) is 11.4 Å². The molecule has 28 heavy (non-hydrogen) atoms. The Balaban J connectivity index is 1.52. The molecular weight excluding hydrogens is 392 g/mol. The van der Waals surface area contributed by atoms with E-state index in [-0.39, 0.29) is 0 Å². The van der Waals surface area contributed by atoms with E-state index >= 15 is 0 Å². The Morgan fingerprint density at radius 3 is 2.54 bits per heavy atom. The first-order valence-corrected chi connectivity index (χ1v) is 10.2. The zero-order chi connectivity index (χ0) is 19.7. The van der Waals surface area contributed by atoms with E-state index in [1.54, 1.807) is 4.68 Å².